The fraction of sp³-hybridized carbons (Fsp3) is 0.600. The molecule has 0 radical (unpaired) electrons. The van der Waals surface area contributed by atoms with Crippen molar-refractivity contribution in [1.82, 2.24) is 20.2 Å². The van der Waals surface area contributed by atoms with Crippen LogP contribution in [0.5, 0.6) is 0 Å². The Hall–Kier alpha value is -0.710. The second-order valence-electron chi connectivity index (χ2n) is 3.88. The Bertz CT molecular complexity index is 297. The Morgan fingerprint density at radius 1 is 1.40 bits per heavy atom. The van der Waals surface area contributed by atoms with Gasteiger partial charge in [-0.05, 0) is 14.0 Å². The Kier molecular flexibility index (Phi) is 4.45. The first-order valence-corrected chi connectivity index (χ1v) is 4.94. The van der Waals surface area contributed by atoms with E-state index in [0.717, 1.165) is 31.0 Å². The summed E-state index contributed by atoms with van der Waals surface area (Å²) in [5, 5.41) is 3.26. The van der Waals surface area contributed by atoms with Crippen LogP contribution >= 0.6 is 12.4 Å². The summed E-state index contributed by atoms with van der Waals surface area (Å²) < 4.78 is 0. The van der Waals surface area contributed by atoms with Crippen LogP contribution in [0.4, 0.5) is 0 Å². The second-order valence-corrected chi connectivity index (χ2v) is 3.88. The number of nitrogens with zero attached hydrogens (tertiary/aromatic N) is 3. The van der Waals surface area contributed by atoms with Crippen molar-refractivity contribution in [2.75, 3.05) is 20.1 Å². The number of hydrogen-bond acceptors (Lipinski definition) is 4. The van der Waals surface area contributed by atoms with Crippen LogP contribution in [-0.2, 0) is 6.54 Å². The molecule has 15 heavy (non-hydrogen) atoms. The maximum absolute atomic E-state index is 4.33. The van der Waals surface area contributed by atoms with Crippen LogP contribution in [0.25, 0.3) is 0 Å². The van der Waals surface area contributed by atoms with Gasteiger partial charge >= 0.3 is 0 Å². The molecule has 1 aliphatic heterocycles. The summed E-state index contributed by atoms with van der Waals surface area (Å²) in [6.45, 7) is 5.03. The highest BCUT2D eigenvalue weighted by atomic mass is 35.5. The maximum atomic E-state index is 4.33. The van der Waals surface area contributed by atoms with Crippen molar-refractivity contribution in [1.29, 1.82) is 0 Å². The van der Waals surface area contributed by atoms with E-state index in [-0.39, 0.29) is 12.4 Å². The number of nitrogens with one attached hydrogen (secondary N) is 1. The summed E-state index contributed by atoms with van der Waals surface area (Å²) in [5.41, 5.74) is 2.02. The average molecular weight is 229 g/mol. The predicted octanol–water partition coefficient (Wildman–Crippen LogP) is 0.610. The zero-order chi connectivity index (χ0) is 9.97. The van der Waals surface area contributed by atoms with Crippen LogP contribution in [0.1, 0.15) is 11.4 Å². The van der Waals surface area contributed by atoms with Gasteiger partial charge in [0.1, 0.15) is 0 Å². The number of rotatable bonds is 3. The van der Waals surface area contributed by atoms with Gasteiger partial charge in [0.25, 0.3) is 0 Å². The van der Waals surface area contributed by atoms with E-state index in [0.29, 0.717) is 6.04 Å². The van der Waals surface area contributed by atoms with Gasteiger partial charge in [-0.1, -0.05) is 0 Å². The first-order valence-electron chi connectivity index (χ1n) is 4.94. The Labute approximate surface area is 96.5 Å². The largest absolute Gasteiger partial charge is 0.314 e. The molecule has 0 bridgehead atoms. The molecule has 0 aromatic carbocycles. The van der Waals surface area contributed by atoms with Crippen LogP contribution in [0, 0.1) is 6.92 Å². The van der Waals surface area contributed by atoms with E-state index in [2.05, 4.69) is 27.2 Å². The molecule has 0 atom stereocenters. The first-order chi connectivity index (χ1) is 6.75. The standard InChI is InChI=1S/C10H16N4.ClH/c1-8-3-13-9(4-12-8)7-14(2)10-5-11-6-10;/h3-4,10-11H,5-7H2,1-2H3;1H. The highest BCUT2D eigenvalue weighted by Crippen LogP contribution is 2.06. The van der Waals surface area contributed by atoms with E-state index in [1.54, 1.807) is 0 Å². The molecule has 5 heteroatoms. The molecule has 4 nitrogen and oxygen atoms in total. The van der Waals surface area contributed by atoms with E-state index >= 15 is 0 Å². The molecule has 0 unspecified atom stereocenters. The van der Waals surface area contributed by atoms with Crippen molar-refractivity contribution >= 4 is 12.4 Å². The Morgan fingerprint density at radius 2 is 2.13 bits per heavy atom. The zero-order valence-corrected chi connectivity index (χ0v) is 9.92. The molecular weight excluding hydrogens is 212 g/mol. The lowest BCUT2D eigenvalue weighted by Gasteiger charge is -2.35. The lowest BCUT2D eigenvalue weighted by molar-refractivity contribution is 0.171. The smallest absolute Gasteiger partial charge is 0.0727 e. The fourth-order valence-corrected chi connectivity index (χ4v) is 1.47. The van der Waals surface area contributed by atoms with Crippen molar-refractivity contribution in [2.24, 2.45) is 0 Å². The molecule has 1 saturated heterocycles. The number of aryl methyl sites for hydroxylation is 1. The third-order valence-corrected chi connectivity index (χ3v) is 2.63. The first kappa shape index (κ1) is 12.4. The summed E-state index contributed by atoms with van der Waals surface area (Å²) in [5.74, 6) is 0. The summed E-state index contributed by atoms with van der Waals surface area (Å²) >= 11 is 0. The number of aromatic nitrogens is 2. The molecule has 0 aliphatic carbocycles. The molecule has 1 aromatic rings. The van der Waals surface area contributed by atoms with Crippen LogP contribution in [0.2, 0.25) is 0 Å². The van der Waals surface area contributed by atoms with Crippen molar-refractivity contribution in [3.05, 3.63) is 23.8 Å². The highest BCUT2D eigenvalue weighted by Gasteiger charge is 2.21. The van der Waals surface area contributed by atoms with Gasteiger partial charge in [0.05, 0.1) is 11.4 Å². The molecule has 1 N–H and O–H groups in total. The lowest BCUT2D eigenvalue weighted by Crippen LogP contribution is -2.55. The minimum atomic E-state index is 0. The van der Waals surface area contributed by atoms with Crippen molar-refractivity contribution in [3.63, 3.8) is 0 Å². The molecule has 2 heterocycles. The van der Waals surface area contributed by atoms with Crippen LogP contribution < -0.4 is 5.32 Å². The van der Waals surface area contributed by atoms with Gasteiger partial charge in [-0.25, -0.2) is 0 Å². The van der Waals surface area contributed by atoms with E-state index < -0.39 is 0 Å². The van der Waals surface area contributed by atoms with Gasteiger partial charge in [0.2, 0.25) is 0 Å². The maximum Gasteiger partial charge on any atom is 0.0727 e. The number of halogens is 1. The molecule has 1 fully saturated rings. The summed E-state index contributed by atoms with van der Waals surface area (Å²) in [7, 11) is 2.13. The van der Waals surface area contributed by atoms with Crippen molar-refractivity contribution in [2.45, 2.75) is 19.5 Å². The van der Waals surface area contributed by atoms with Gasteiger partial charge in [-0.3, -0.25) is 14.9 Å². The molecule has 0 amide bonds. The molecule has 2 rings (SSSR count). The van der Waals surface area contributed by atoms with Crippen molar-refractivity contribution in [3.8, 4) is 0 Å². The molecular formula is C10H17ClN4. The fourth-order valence-electron chi connectivity index (χ4n) is 1.47. The Balaban J connectivity index is 0.00000112. The third-order valence-electron chi connectivity index (χ3n) is 2.63. The van der Waals surface area contributed by atoms with E-state index in [9.17, 15) is 0 Å². The number of hydrogen-bond donors (Lipinski definition) is 1. The van der Waals surface area contributed by atoms with Crippen LogP contribution in [0.15, 0.2) is 12.4 Å². The summed E-state index contributed by atoms with van der Waals surface area (Å²) in [6.07, 6.45) is 3.68. The van der Waals surface area contributed by atoms with Crippen molar-refractivity contribution < 1.29 is 0 Å². The average Bonchev–Trinajstić information content (AvgIpc) is 2.06. The summed E-state index contributed by atoms with van der Waals surface area (Å²) in [6, 6.07) is 0.665. The van der Waals surface area contributed by atoms with Gasteiger partial charge in [-0.2, -0.15) is 0 Å². The Morgan fingerprint density at radius 3 is 2.60 bits per heavy atom. The highest BCUT2D eigenvalue weighted by molar-refractivity contribution is 5.85. The van der Waals surface area contributed by atoms with Crippen LogP contribution in [0.3, 0.4) is 0 Å². The van der Waals surface area contributed by atoms with Gasteiger partial charge in [0.15, 0.2) is 0 Å². The minimum Gasteiger partial charge on any atom is -0.314 e. The lowest BCUT2D eigenvalue weighted by atomic mass is 10.1. The summed E-state index contributed by atoms with van der Waals surface area (Å²) in [4.78, 5) is 10.9. The predicted molar refractivity (Wildman–Crippen MR) is 62.1 cm³/mol. The topological polar surface area (TPSA) is 41.1 Å². The van der Waals surface area contributed by atoms with E-state index in [4.69, 9.17) is 0 Å². The zero-order valence-electron chi connectivity index (χ0n) is 9.10. The molecule has 1 aliphatic rings. The van der Waals surface area contributed by atoms with E-state index in [1.165, 1.54) is 0 Å². The monoisotopic (exact) mass is 228 g/mol. The van der Waals surface area contributed by atoms with E-state index in [1.807, 2.05) is 19.3 Å². The minimum absolute atomic E-state index is 0. The second kappa shape index (κ2) is 5.39. The molecule has 84 valence electrons. The quantitative estimate of drug-likeness (QED) is 0.823. The van der Waals surface area contributed by atoms with Gasteiger partial charge in [-0.15, -0.1) is 12.4 Å². The molecule has 0 saturated carbocycles. The molecule has 1 aromatic heterocycles. The van der Waals surface area contributed by atoms with Gasteiger partial charge in [0, 0.05) is 38.1 Å². The third kappa shape index (κ3) is 3.12. The SMILES string of the molecule is Cc1cnc(CN(C)C2CNC2)cn1.Cl. The van der Waals surface area contributed by atoms with Crippen LogP contribution in [-0.4, -0.2) is 41.0 Å². The van der Waals surface area contributed by atoms with Gasteiger partial charge < -0.3 is 5.32 Å². The normalized spacial score (nSPS) is 15.9. The molecule has 0 spiro atoms. The number of likely N-dealkylation sites (N-methyl/N-ethyl adjacent to an activating group) is 1.